The highest BCUT2D eigenvalue weighted by atomic mass is 16.5. The Bertz CT molecular complexity index is 782. The number of esters is 1. The minimum absolute atomic E-state index is 0.103. The first kappa shape index (κ1) is 16.7. The fraction of sp³-hybridized carbons (Fsp3) is 0.375. The molecule has 23 heavy (non-hydrogen) atoms. The Morgan fingerprint density at radius 3 is 2.87 bits per heavy atom. The minimum atomic E-state index is -0.315. The van der Waals surface area contributed by atoms with Gasteiger partial charge in [-0.15, -0.1) is 0 Å². The van der Waals surface area contributed by atoms with Gasteiger partial charge in [0.25, 0.3) is 5.56 Å². The molecule has 0 unspecified atom stereocenters. The number of ether oxygens (including phenoxy) is 1. The Morgan fingerprint density at radius 1 is 1.35 bits per heavy atom. The van der Waals surface area contributed by atoms with Crippen LogP contribution in [0.1, 0.15) is 18.4 Å². The van der Waals surface area contributed by atoms with Gasteiger partial charge in [-0.25, -0.2) is 4.98 Å². The summed E-state index contributed by atoms with van der Waals surface area (Å²) in [5.74, 6) is -0.615. The van der Waals surface area contributed by atoms with E-state index in [1.54, 1.807) is 12.1 Å². The molecule has 2 rings (SSSR count). The third kappa shape index (κ3) is 4.15. The van der Waals surface area contributed by atoms with Crippen LogP contribution >= 0.6 is 0 Å². The number of aromatic nitrogens is 2. The third-order valence-electron chi connectivity index (χ3n) is 3.48. The SMILES string of the molecule is COC(=O)CCCNC(=O)Cn1cnc2c(C)cccc2c1=O. The van der Waals surface area contributed by atoms with E-state index in [9.17, 15) is 14.4 Å². The number of nitrogens with zero attached hydrogens (tertiary/aromatic N) is 2. The normalized spacial score (nSPS) is 10.5. The van der Waals surface area contributed by atoms with Crippen LogP contribution in [0.25, 0.3) is 10.9 Å². The van der Waals surface area contributed by atoms with Crippen LogP contribution in [0.2, 0.25) is 0 Å². The number of fused-ring (bicyclic) bond motifs is 1. The average molecular weight is 317 g/mol. The highest BCUT2D eigenvalue weighted by Gasteiger charge is 2.09. The van der Waals surface area contributed by atoms with E-state index in [-0.39, 0.29) is 30.4 Å². The molecule has 0 radical (unpaired) electrons. The molecule has 1 heterocycles. The van der Waals surface area contributed by atoms with Gasteiger partial charge in [0.2, 0.25) is 5.91 Å². The number of rotatable bonds is 6. The Morgan fingerprint density at radius 2 is 2.13 bits per heavy atom. The van der Waals surface area contributed by atoms with Crippen molar-refractivity contribution in [3.63, 3.8) is 0 Å². The van der Waals surface area contributed by atoms with E-state index in [0.717, 1.165) is 5.56 Å². The fourth-order valence-corrected chi connectivity index (χ4v) is 2.22. The highest BCUT2D eigenvalue weighted by molar-refractivity contribution is 5.81. The maximum absolute atomic E-state index is 12.4. The van der Waals surface area contributed by atoms with Gasteiger partial charge >= 0.3 is 5.97 Å². The van der Waals surface area contributed by atoms with Crippen molar-refractivity contribution in [2.24, 2.45) is 0 Å². The van der Waals surface area contributed by atoms with E-state index in [1.807, 2.05) is 13.0 Å². The molecule has 1 N–H and O–H groups in total. The average Bonchev–Trinajstić information content (AvgIpc) is 2.54. The van der Waals surface area contributed by atoms with Crippen molar-refractivity contribution >= 4 is 22.8 Å². The van der Waals surface area contributed by atoms with Crippen LogP contribution in [0.3, 0.4) is 0 Å². The number of benzene rings is 1. The van der Waals surface area contributed by atoms with E-state index in [2.05, 4.69) is 15.0 Å². The molecule has 0 spiro atoms. The monoisotopic (exact) mass is 317 g/mol. The van der Waals surface area contributed by atoms with E-state index in [0.29, 0.717) is 23.9 Å². The molecule has 0 saturated carbocycles. The van der Waals surface area contributed by atoms with Gasteiger partial charge in [0.05, 0.1) is 24.3 Å². The number of hydrogen-bond donors (Lipinski definition) is 1. The topological polar surface area (TPSA) is 90.3 Å². The second-order valence-corrected chi connectivity index (χ2v) is 5.18. The quantitative estimate of drug-likeness (QED) is 0.628. The number of aryl methyl sites for hydroxylation is 1. The largest absolute Gasteiger partial charge is 0.469 e. The van der Waals surface area contributed by atoms with E-state index in [1.165, 1.54) is 18.0 Å². The van der Waals surface area contributed by atoms with Crippen molar-refractivity contribution in [3.05, 3.63) is 40.4 Å². The van der Waals surface area contributed by atoms with E-state index < -0.39 is 0 Å². The minimum Gasteiger partial charge on any atom is -0.469 e. The molecule has 7 heteroatoms. The number of carbonyl (C=O) groups is 2. The standard InChI is InChI=1S/C16H19N3O4/c1-11-5-3-6-12-15(11)18-10-19(16(12)22)9-13(20)17-8-4-7-14(21)23-2/h3,5-6,10H,4,7-9H2,1-2H3,(H,17,20). The smallest absolute Gasteiger partial charge is 0.305 e. The molecule has 0 aliphatic heterocycles. The van der Waals surface area contributed by atoms with Crippen molar-refractivity contribution in [2.45, 2.75) is 26.3 Å². The van der Waals surface area contributed by atoms with Crippen LogP contribution in [0.5, 0.6) is 0 Å². The van der Waals surface area contributed by atoms with Gasteiger partial charge in [0, 0.05) is 13.0 Å². The second kappa shape index (κ2) is 7.53. The van der Waals surface area contributed by atoms with Crippen LogP contribution in [-0.2, 0) is 20.9 Å². The molecule has 1 aromatic heterocycles. The van der Waals surface area contributed by atoms with Crippen molar-refractivity contribution in [3.8, 4) is 0 Å². The predicted molar refractivity (Wildman–Crippen MR) is 85.0 cm³/mol. The molecule has 0 saturated heterocycles. The first-order valence-electron chi connectivity index (χ1n) is 7.31. The molecule has 7 nitrogen and oxygen atoms in total. The summed E-state index contributed by atoms with van der Waals surface area (Å²) in [6, 6.07) is 5.37. The molecule has 0 aliphatic rings. The number of methoxy groups -OCH3 is 1. The van der Waals surface area contributed by atoms with Crippen molar-refractivity contribution in [1.29, 1.82) is 0 Å². The van der Waals surface area contributed by atoms with Crippen molar-refractivity contribution in [2.75, 3.05) is 13.7 Å². The number of para-hydroxylation sites is 1. The van der Waals surface area contributed by atoms with Crippen LogP contribution < -0.4 is 10.9 Å². The first-order chi connectivity index (χ1) is 11.0. The summed E-state index contributed by atoms with van der Waals surface area (Å²) in [7, 11) is 1.32. The lowest BCUT2D eigenvalue weighted by Gasteiger charge is -2.08. The molecule has 1 aromatic carbocycles. The van der Waals surface area contributed by atoms with E-state index in [4.69, 9.17) is 0 Å². The van der Waals surface area contributed by atoms with Gasteiger partial charge in [-0.05, 0) is 25.0 Å². The molecular weight excluding hydrogens is 298 g/mol. The lowest BCUT2D eigenvalue weighted by molar-refractivity contribution is -0.140. The summed E-state index contributed by atoms with van der Waals surface area (Å²) >= 11 is 0. The van der Waals surface area contributed by atoms with Gasteiger partial charge in [-0.1, -0.05) is 12.1 Å². The fourth-order valence-electron chi connectivity index (χ4n) is 2.22. The van der Waals surface area contributed by atoms with E-state index >= 15 is 0 Å². The van der Waals surface area contributed by atoms with Gasteiger partial charge < -0.3 is 10.1 Å². The maximum Gasteiger partial charge on any atom is 0.305 e. The third-order valence-corrected chi connectivity index (χ3v) is 3.48. The van der Waals surface area contributed by atoms with Crippen LogP contribution in [0.4, 0.5) is 0 Å². The molecule has 0 fully saturated rings. The lowest BCUT2D eigenvalue weighted by atomic mass is 10.1. The van der Waals surface area contributed by atoms with Gasteiger partial charge in [0.1, 0.15) is 6.54 Å². The molecule has 2 aromatic rings. The summed E-state index contributed by atoms with van der Waals surface area (Å²) in [6.45, 7) is 2.13. The first-order valence-corrected chi connectivity index (χ1v) is 7.31. The summed E-state index contributed by atoms with van der Waals surface area (Å²) < 4.78 is 5.79. The van der Waals surface area contributed by atoms with Crippen molar-refractivity contribution < 1.29 is 14.3 Å². The Kier molecular flexibility index (Phi) is 5.46. The predicted octanol–water partition coefficient (Wildman–Crippen LogP) is 0.774. The Balaban J connectivity index is 1.99. The second-order valence-electron chi connectivity index (χ2n) is 5.18. The summed E-state index contributed by atoms with van der Waals surface area (Å²) in [5, 5.41) is 3.15. The lowest BCUT2D eigenvalue weighted by Crippen LogP contribution is -2.33. The number of amides is 1. The zero-order valence-electron chi connectivity index (χ0n) is 13.2. The number of carbonyl (C=O) groups excluding carboxylic acids is 2. The van der Waals surface area contributed by atoms with Crippen LogP contribution in [0.15, 0.2) is 29.3 Å². The molecule has 0 atom stereocenters. The molecule has 0 aliphatic carbocycles. The summed E-state index contributed by atoms with van der Waals surface area (Å²) in [4.78, 5) is 39.4. The van der Waals surface area contributed by atoms with Crippen LogP contribution in [0, 0.1) is 6.92 Å². The van der Waals surface area contributed by atoms with Crippen molar-refractivity contribution in [1.82, 2.24) is 14.9 Å². The number of hydrogen-bond acceptors (Lipinski definition) is 5. The summed E-state index contributed by atoms with van der Waals surface area (Å²) in [6.07, 6.45) is 2.11. The Hall–Kier alpha value is -2.70. The summed E-state index contributed by atoms with van der Waals surface area (Å²) in [5.41, 5.74) is 1.31. The molecule has 122 valence electrons. The van der Waals surface area contributed by atoms with Gasteiger partial charge in [0.15, 0.2) is 0 Å². The zero-order chi connectivity index (χ0) is 16.8. The van der Waals surface area contributed by atoms with Gasteiger partial charge in [-0.2, -0.15) is 0 Å². The molecule has 0 bridgehead atoms. The maximum atomic E-state index is 12.4. The van der Waals surface area contributed by atoms with Gasteiger partial charge in [-0.3, -0.25) is 19.0 Å². The number of nitrogens with one attached hydrogen (secondary N) is 1. The Labute approximate surface area is 133 Å². The van der Waals surface area contributed by atoms with Crippen LogP contribution in [-0.4, -0.2) is 35.1 Å². The molecular formula is C16H19N3O4. The highest BCUT2D eigenvalue weighted by Crippen LogP contribution is 2.10. The molecule has 1 amide bonds. The zero-order valence-corrected chi connectivity index (χ0v) is 13.2.